The number of carboxylic acids is 1. The van der Waals surface area contributed by atoms with Crippen molar-refractivity contribution in [2.24, 2.45) is 11.8 Å². The molecule has 326 valence electrons. The molecule has 5 atom stereocenters. The number of ether oxygens (including phenoxy) is 2. The van der Waals surface area contributed by atoms with Crippen LogP contribution >= 0.6 is 11.3 Å². The predicted octanol–water partition coefficient (Wildman–Crippen LogP) is 5.33. The van der Waals surface area contributed by atoms with E-state index >= 15 is 0 Å². The molecule has 4 aromatic carbocycles. The van der Waals surface area contributed by atoms with Crippen LogP contribution in [0.1, 0.15) is 40.8 Å². The molecule has 14 heteroatoms. The molecule has 0 radical (unpaired) electrons. The lowest BCUT2D eigenvalue weighted by Crippen LogP contribution is -2.54. The average Bonchev–Trinajstić information content (AvgIpc) is 3.81. The van der Waals surface area contributed by atoms with E-state index in [1.165, 1.54) is 11.3 Å². The minimum atomic E-state index is -1.53. The molecular weight excluding hydrogens is 823 g/mol. The van der Waals surface area contributed by atoms with Crippen molar-refractivity contribution in [1.82, 2.24) is 16.0 Å². The Balaban J connectivity index is 1.36. The lowest BCUT2D eigenvalue weighted by atomic mass is 9.89. The van der Waals surface area contributed by atoms with Crippen LogP contribution in [0.15, 0.2) is 127 Å². The van der Waals surface area contributed by atoms with E-state index in [9.17, 15) is 38.7 Å². The lowest BCUT2D eigenvalue weighted by molar-refractivity contribution is -0.150. The van der Waals surface area contributed by atoms with Crippen LogP contribution in [0.2, 0.25) is 0 Å². The van der Waals surface area contributed by atoms with Crippen LogP contribution in [0.25, 0.3) is 11.1 Å². The Morgan fingerprint density at radius 3 is 2.02 bits per heavy atom. The number of hydrogen-bond acceptors (Lipinski definition) is 10. The summed E-state index contributed by atoms with van der Waals surface area (Å²) in [6, 6.07) is 32.7. The molecule has 7 rings (SSSR count). The van der Waals surface area contributed by atoms with E-state index in [2.05, 4.69) is 16.0 Å². The molecule has 0 saturated carbocycles. The number of amides is 3. The second-order valence-electron chi connectivity index (χ2n) is 15.5. The zero-order chi connectivity index (χ0) is 44.7. The number of benzene rings is 4. The monoisotopic (exact) mass is 871 g/mol. The van der Waals surface area contributed by atoms with Gasteiger partial charge in [-0.25, -0.2) is 4.79 Å². The van der Waals surface area contributed by atoms with E-state index in [4.69, 9.17) is 9.47 Å². The normalized spacial score (nSPS) is 19.3. The number of rotatable bonds is 12. The Hall–Kier alpha value is -6.93. The van der Waals surface area contributed by atoms with E-state index in [0.717, 1.165) is 28.7 Å². The minimum absolute atomic E-state index is 0.0220. The fourth-order valence-corrected chi connectivity index (χ4v) is 8.23. The summed E-state index contributed by atoms with van der Waals surface area (Å²) >= 11 is 1.45. The molecule has 13 nitrogen and oxygen atoms in total. The number of carbonyl (C=O) groups is 7. The highest BCUT2D eigenvalue weighted by molar-refractivity contribution is 7.09. The van der Waals surface area contributed by atoms with Gasteiger partial charge in [-0.1, -0.05) is 103 Å². The molecule has 2 aliphatic rings. The zero-order valence-corrected chi connectivity index (χ0v) is 35.5. The highest BCUT2D eigenvalue weighted by Crippen LogP contribution is 2.24. The second-order valence-corrected chi connectivity index (χ2v) is 16.5. The number of hydrogen-bond donors (Lipinski definition) is 4. The third-order valence-corrected chi connectivity index (χ3v) is 11.7. The fraction of sp³-hybridized carbons (Fsp3) is 0.286. The molecule has 3 heterocycles. The van der Waals surface area contributed by atoms with Gasteiger partial charge in [-0.15, -0.1) is 11.3 Å². The van der Waals surface area contributed by atoms with E-state index in [1.54, 1.807) is 48.5 Å². The lowest BCUT2D eigenvalue weighted by Gasteiger charge is -2.26. The van der Waals surface area contributed by atoms with Gasteiger partial charge in [0.2, 0.25) is 17.7 Å². The number of Topliss-reactive ketones (excluding diaryl/α,β-unsaturated/α-hetero) is 2. The van der Waals surface area contributed by atoms with Crippen LogP contribution in [0.5, 0.6) is 5.75 Å². The smallest absolute Gasteiger partial charge is 0.328 e. The highest BCUT2D eigenvalue weighted by Gasteiger charge is 2.34. The van der Waals surface area contributed by atoms with Gasteiger partial charge in [0.15, 0.2) is 11.6 Å². The predicted molar refractivity (Wildman–Crippen MR) is 236 cm³/mol. The van der Waals surface area contributed by atoms with Crippen LogP contribution < -0.4 is 20.7 Å². The van der Waals surface area contributed by atoms with Crippen LogP contribution in [0, 0.1) is 11.8 Å². The van der Waals surface area contributed by atoms with E-state index in [-0.39, 0.29) is 44.5 Å². The number of thiophene rings is 1. The molecule has 0 saturated heterocycles. The summed E-state index contributed by atoms with van der Waals surface area (Å²) in [5, 5.41) is 19.7. The van der Waals surface area contributed by atoms with Gasteiger partial charge in [-0.3, -0.25) is 28.8 Å². The van der Waals surface area contributed by atoms with Gasteiger partial charge in [-0.2, -0.15) is 0 Å². The molecule has 2 bridgehead atoms. The maximum absolute atomic E-state index is 14.6. The summed E-state index contributed by atoms with van der Waals surface area (Å²) in [6.07, 6.45) is -1.04. The number of nitrogens with one attached hydrogen (secondary N) is 3. The first kappa shape index (κ1) is 45.6. The maximum Gasteiger partial charge on any atom is 0.328 e. The maximum atomic E-state index is 14.6. The summed E-state index contributed by atoms with van der Waals surface area (Å²) < 4.78 is 10.6. The van der Waals surface area contributed by atoms with Crippen LogP contribution in [-0.4, -0.2) is 78.2 Å². The summed E-state index contributed by atoms with van der Waals surface area (Å²) in [4.78, 5) is 96.0. The topological polar surface area (TPSA) is 194 Å². The number of fused-ring (bicyclic) bond motifs is 16. The van der Waals surface area contributed by atoms with Gasteiger partial charge in [0.05, 0.1) is 19.6 Å². The molecule has 0 unspecified atom stereocenters. The number of carbonyl (C=O) groups excluding carboxylic acids is 6. The summed E-state index contributed by atoms with van der Waals surface area (Å²) in [5.74, 6) is -6.77. The van der Waals surface area contributed by atoms with Crippen LogP contribution in [0.3, 0.4) is 0 Å². The summed E-state index contributed by atoms with van der Waals surface area (Å²) in [5.41, 5.74) is 3.99. The molecule has 0 fully saturated rings. The Kier molecular flexibility index (Phi) is 16.1. The second kappa shape index (κ2) is 22.2. The Labute approximate surface area is 369 Å². The van der Waals surface area contributed by atoms with Gasteiger partial charge in [0.1, 0.15) is 24.4 Å². The Bertz CT molecular complexity index is 2350. The SMILES string of the molecule is COC(=O)[C@H](CC(=O)O)NC(=O)[C@H]1CC(=O)[C@H](Cc2ccccc2)NC(=O)[C@H](Cc2ccc(-c3ccccc3)cc2)NC(=O)[C@H](Cc2cccs2)CC(=O)COc2ccc(cc2)C1. The third-order valence-electron chi connectivity index (χ3n) is 10.8. The van der Waals surface area contributed by atoms with E-state index < -0.39 is 78.2 Å². The van der Waals surface area contributed by atoms with Gasteiger partial charge >= 0.3 is 11.9 Å². The number of ketones is 2. The van der Waals surface area contributed by atoms with Crippen molar-refractivity contribution >= 4 is 52.6 Å². The standard InChI is InChI=1S/C49H49N3O10S/c1-61-49(60)43(29-45(55)56)52-46(57)36-23-32-16-20-39(21-17-32)62-30-38(53)26-37(27-40-13-8-22-63-40)47(58)51-42(25-33-14-18-35(19-15-33)34-11-6-3-7-12-34)48(59)50-41(44(54)28-36)24-31-9-4-2-5-10-31/h2-22,36-37,41-43H,23-30H2,1H3,(H,50,59)(H,51,58)(H,52,57)(H,55,56)/t36-,37+,41+,42+,43+/m1/s1. The number of methoxy groups -OCH3 is 1. The summed E-state index contributed by atoms with van der Waals surface area (Å²) in [7, 11) is 1.07. The van der Waals surface area contributed by atoms with Crippen molar-refractivity contribution in [2.75, 3.05) is 13.7 Å². The molecule has 0 spiro atoms. The molecule has 2 aliphatic heterocycles. The van der Waals surface area contributed by atoms with E-state index in [1.807, 2.05) is 78.2 Å². The molecule has 4 N–H and O–H groups in total. The molecule has 63 heavy (non-hydrogen) atoms. The van der Waals surface area contributed by atoms with Gasteiger partial charge in [0.25, 0.3) is 0 Å². The summed E-state index contributed by atoms with van der Waals surface area (Å²) in [6.45, 7) is -0.329. The van der Waals surface area contributed by atoms with Gasteiger partial charge in [-0.05, 0) is 70.7 Å². The van der Waals surface area contributed by atoms with Crippen molar-refractivity contribution in [1.29, 1.82) is 0 Å². The number of carboxylic acid groups (broad SMARTS) is 1. The zero-order valence-electron chi connectivity index (χ0n) is 34.7. The fourth-order valence-electron chi connectivity index (χ4n) is 7.44. The number of esters is 1. The van der Waals surface area contributed by atoms with Crippen molar-refractivity contribution in [3.63, 3.8) is 0 Å². The van der Waals surface area contributed by atoms with E-state index in [0.29, 0.717) is 16.9 Å². The highest BCUT2D eigenvalue weighted by atomic mass is 32.1. The quantitative estimate of drug-likeness (QED) is 0.119. The van der Waals surface area contributed by atoms with Crippen molar-refractivity contribution in [2.45, 2.75) is 63.1 Å². The number of aliphatic carboxylic acids is 1. The molecule has 3 amide bonds. The molecule has 1 aromatic heterocycles. The first-order chi connectivity index (χ1) is 30.4. The van der Waals surface area contributed by atoms with Crippen molar-refractivity contribution in [3.05, 3.63) is 148 Å². The third kappa shape index (κ3) is 13.5. The van der Waals surface area contributed by atoms with Gasteiger partial charge < -0.3 is 30.5 Å². The average molecular weight is 872 g/mol. The van der Waals surface area contributed by atoms with Crippen molar-refractivity contribution in [3.8, 4) is 16.9 Å². The Morgan fingerprint density at radius 2 is 1.37 bits per heavy atom. The largest absolute Gasteiger partial charge is 0.486 e. The first-order valence-electron chi connectivity index (χ1n) is 20.6. The Morgan fingerprint density at radius 1 is 0.730 bits per heavy atom. The first-order valence-corrected chi connectivity index (χ1v) is 21.5. The molecule has 5 aromatic rings. The molecular formula is C49H49N3O10S. The van der Waals surface area contributed by atoms with Crippen LogP contribution in [-0.2, 0) is 64.0 Å². The van der Waals surface area contributed by atoms with Crippen LogP contribution in [0.4, 0.5) is 0 Å². The molecule has 0 aliphatic carbocycles. The minimum Gasteiger partial charge on any atom is -0.486 e. The van der Waals surface area contributed by atoms with Crippen molar-refractivity contribution < 1.29 is 48.1 Å². The van der Waals surface area contributed by atoms with Gasteiger partial charge in [0, 0.05) is 36.0 Å².